The Bertz CT molecular complexity index is 2100. The van der Waals surface area contributed by atoms with Gasteiger partial charge in [-0.2, -0.15) is 32.1 Å². The fraction of sp³-hybridized carbons (Fsp3) is 0.459. The number of esters is 1. The maximum Gasteiger partial charge on any atom is 0.395 e. The first-order valence-corrected chi connectivity index (χ1v) is 17.8. The van der Waals surface area contributed by atoms with Crippen LogP contribution in [0.15, 0.2) is 66.2 Å². The molecule has 7 rings (SSSR count). The summed E-state index contributed by atoms with van der Waals surface area (Å²) in [7, 11) is 0. The van der Waals surface area contributed by atoms with E-state index in [1.165, 1.54) is 23.6 Å². The van der Waals surface area contributed by atoms with Gasteiger partial charge in [0, 0.05) is 17.7 Å². The summed E-state index contributed by atoms with van der Waals surface area (Å²) < 4.78 is 75.4. The molecular formula is C37H38ClF5N8O3. The number of hydrogen-bond acceptors (Lipinski definition) is 8. The number of rotatable bonds is 12. The Morgan fingerprint density at radius 3 is 2.35 bits per heavy atom. The number of nitrogens with two attached hydrogens (primary N) is 1. The third kappa shape index (κ3) is 7.07. The first kappa shape index (κ1) is 37.5. The van der Waals surface area contributed by atoms with Crippen LogP contribution in [0.2, 0.25) is 5.02 Å². The number of halogens is 6. The first-order valence-electron chi connectivity index (χ1n) is 17.5. The minimum Gasteiger partial charge on any atom is -0.463 e. The van der Waals surface area contributed by atoms with Crippen LogP contribution in [0.25, 0.3) is 16.8 Å². The van der Waals surface area contributed by atoms with Crippen molar-refractivity contribution in [2.24, 2.45) is 21.6 Å². The van der Waals surface area contributed by atoms with Gasteiger partial charge in [0.05, 0.1) is 34.8 Å². The fourth-order valence-electron chi connectivity index (χ4n) is 7.09. The van der Waals surface area contributed by atoms with E-state index in [1.807, 2.05) is 20.8 Å². The van der Waals surface area contributed by atoms with E-state index in [9.17, 15) is 26.7 Å². The van der Waals surface area contributed by atoms with Gasteiger partial charge >= 0.3 is 18.7 Å². The van der Waals surface area contributed by atoms with Crippen LogP contribution >= 0.6 is 11.6 Å². The molecule has 2 aliphatic carbocycles. The number of hydrogen-bond donors (Lipinski definition) is 1. The molecule has 3 aliphatic rings. The molecule has 2 fully saturated rings. The molecule has 0 radical (unpaired) electrons. The Kier molecular flexibility index (Phi) is 9.34. The zero-order valence-corrected chi connectivity index (χ0v) is 30.4. The minimum atomic E-state index is -4.57. The summed E-state index contributed by atoms with van der Waals surface area (Å²) in [4.78, 5) is 38.5. The molecule has 0 unspecified atom stereocenters. The van der Waals surface area contributed by atoms with Crippen LogP contribution in [0.3, 0.4) is 0 Å². The Morgan fingerprint density at radius 1 is 1.06 bits per heavy atom. The predicted molar refractivity (Wildman–Crippen MR) is 188 cm³/mol. The van der Waals surface area contributed by atoms with Crippen LogP contribution in [0.4, 0.5) is 22.0 Å². The highest BCUT2D eigenvalue weighted by Crippen LogP contribution is 2.60. The number of carbonyl (C=O) groups excluding carboxylic acids is 2. The molecule has 1 aliphatic heterocycles. The van der Waals surface area contributed by atoms with E-state index in [4.69, 9.17) is 27.1 Å². The summed E-state index contributed by atoms with van der Waals surface area (Å²) in [6.45, 7) is 2.43. The molecule has 17 heteroatoms. The van der Waals surface area contributed by atoms with Gasteiger partial charge in [0.15, 0.2) is 11.5 Å². The molecule has 4 aromatic rings. The number of nitrogens with zero attached hydrogens (tertiary/aromatic N) is 7. The molecule has 2 saturated carbocycles. The molecule has 2 aromatic carbocycles. The summed E-state index contributed by atoms with van der Waals surface area (Å²) in [6, 6.07) is 10.4. The predicted octanol–water partition coefficient (Wildman–Crippen LogP) is 7.86. The number of aromatic nitrogens is 5. The molecule has 0 spiro atoms. The molecule has 11 nitrogen and oxygen atoms in total. The zero-order chi connectivity index (χ0) is 38.8. The monoisotopic (exact) mass is 772 g/mol. The maximum atomic E-state index is 15.0. The molecule has 0 saturated heterocycles. The minimum absolute atomic E-state index is 0.175. The molecule has 286 valence electrons. The van der Waals surface area contributed by atoms with Gasteiger partial charge in [-0.1, -0.05) is 62.7 Å². The van der Waals surface area contributed by atoms with E-state index >= 15 is 4.79 Å². The second-order valence-corrected chi connectivity index (χ2v) is 15.9. The Morgan fingerprint density at radius 2 is 1.76 bits per heavy atom. The zero-order valence-electron chi connectivity index (χ0n) is 29.7. The second kappa shape index (κ2) is 13.5. The van der Waals surface area contributed by atoms with Gasteiger partial charge < -0.3 is 10.5 Å². The largest absolute Gasteiger partial charge is 0.463 e. The van der Waals surface area contributed by atoms with Gasteiger partial charge in [-0.3, -0.25) is 14.5 Å². The van der Waals surface area contributed by atoms with Crippen LogP contribution in [0, 0.1) is 10.8 Å². The van der Waals surface area contributed by atoms with Gasteiger partial charge in [-0.25, -0.2) is 19.3 Å². The van der Waals surface area contributed by atoms with Crippen LogP contribution in [-0.4, -0.2) is 60.1 Å². The van der Waals surface area contributed by atoms with Crippen molar-refractivity contribution in [3.63, 3.8) is 0 Å². The molecular weight excluding hydrogens is 735 g/mol. The average molecular weight is 773 g/mol. The topological polar surface area (TPSA) is 134 Å². The van der Waals surface area contributed by atoms with Gasteiger partial charge in [-0.15, -0.1) is 0 Å². The smallest absolute Gasteiger partial charge is 0.395 e. The van der Waals surface area contributed by atoms with Crippen LogP contribution in [0.1, 0.15) is 94.8 Å². The number of benzene rings is 2. The van der Waals surface area contributed by atoms with Gasteiger partial charge in [0.25, 0.3) is 5.91 Å². The quantitative estimate of drug-likeness (QED) is 0.115. The standard InChI is InChI=1S/C37H38ClF5N8O3/c1-34(2,3)19-36(25-9-6-21(7-10-25)24-16-46-49(17-24)32(39)40)31(53)50(33(44)48-36)28(18-54-29(52)15-35(12-13-35)37(41,42)43)23-8-11-26(38)27(14-23)51-30(22-4-5-22)45-20-47-51/h6-11,14,16-17,20,22,28,32H,4-5,12-13,15,18-19H2,1-3H3,(H2,44,48)/t28-,36-/m1/s1. The van der Waals surface area contributed by atoms with Gasteiger partial charge in [0.1, 0.15) is 18.8 Å². The molecule has 2 aromatic heterocycles. The van der Waals surface area contributed by atoms with E-state index in [2.05, 4.69) is 15.2 Å². The van der Waals surface area contributed by atoms with Crippen molar-refractivity contribution in [1.82, 2.24) is 29.4 Å². The number of aliphatic imine (C=N–C) groups is 1. The van der Waals surface area contributed by atoms with E-state index in [0.29, 0.717) is 43.5 Å². The van der Waals surface area contributed by atoms with Gasteiger partial charge in [-0.05, 0) is 66.3 Å². The van der Waals surface area contributed by atoms with Crippen molar-refractivity contribution in [1.29, 1.82) is 0 Å². The summed E-state index contributed by atoms with van der Waals surface area (Å²) >= 11 is 6.68. The summed E-state index contributed by atoms with van der Waals surface area (Å²) in [5, 5.41) is 8.40. The number of guanidine groups is 1. The normalized spacial score (nSPS) is 20.4. The number of amides is 1. The maximum absolute atomic E-state index is 15.0. The van der Waals surface area contributed by atoms with E-state index in [-0.39, 0.29) is 31.1 Å². The molecule has 2 atom stereocenters. The molecule has 2 N–H and O–H groups in total. The van der Waals surface area contributed by atoms with Crippen LogP contribution < -0.4 is 5.73 Å². The van der Waals surface area contributed by atoms with Crippen molar-refractivity contribution >= 4 is 29.4 Å². The SMILES string of the molecule is CC(C)(C)C[C@]1(c2ccc(-c3cnn(C(F)F)c3)cc2)N=C(N)N([C@H](COC(=O)CC2(C(F)(F)F)CC2)c2ccc(Cl)c(-n3ncnc3C3CC3)c2)C1=O. The lowest BCUT2D eigenvalue weighted by atomic mass is 9.75. The summed E-state index contributed by atoms with van der Waals surface area (Å²) in [5.41, 5.74) is 4.74. The Labute approximate surface area is 312 Å². The molecule has 1 amide bonds. The second-order valence-electron chi connectivity index (χ2n) is 15.5. The highest BCUT2D eigenvalue weighted by Gasteiger charge is 2.64. The summed E-state index contributed by atoms with van der Waals surface area (Å²) in [5.74, 6) is -0.923. The highest BCUT2D eigenvalue weighted by atomic mass is 35.5. The number of ether oxygens (including phenoxy) is 1. The van der Waals surface area contributed by atoms with Gasteiger partial charge in [0.2, 0.25) is 0 Å². The van der Waals surface area contributed by atoms with E-state index < -0.39 is 60.0 Å². The average Bonchev–Trinajstić information content (AvgIpc) is 3.97. The van der Waals surface area contributed by atoms with E-state index in [0.717, 1.165) is 12.8 Å². The summed E-state index contributed by atoms with van der Waals surface area (Å²) in [6.07, 6.45) is 0.191. The molecule has 0 bridgehead atoms. The lowest BCUT2D eigenvalue weighted by Gasteiger charge is -2.35. The third-order valence-corrected chi connectivity index (χ3v) is 10.5. The van der Waals surface area contributed by atoms with Crippen molar-refractivity contribution in [3.8, 4) is 16.8 Å². The van der Waals surface area contributed by atoms with Crippen LogP contribution in [0.5, 0.6) is 0 Å². The van der Waals surface area contributed by atoms with Crippen molar-refractivity contribution in [2.75, 3.05) is 6.61 Å². The lowest BCUT2D eigenvalue weighted by Crippen LogP contribution is -2.47. The lowest BCUT2D eigenvalue weighted by molar-refractivity contribution is -0.195. The van der Waals surface area contributed by atoms with Crippen LogP contribution in [-0.2, 0) is 19.9 Å². The third-order valence-electron chi connectivity index (χ3n) is 10.2. The Hall–Kier alpha value is -4.86. The Balaban J connectivity index is 1.26. The molecule has 3 heterocycles. The van der Waals surface area contributed by atoms with Crippen molar-refractivity contribution in [3.05, 3.63) is 83.2 Å². The van der Waals surface area contributed by atoms with Crippen molar-refractivity contribution < 1.29 is 36.3 Å². The number of carbonyl (C=O) groups is 2. The first-order chi connectivity index (χ1) is 25.4. The fourth-order valence-corrected chi connectivity index (χ4v) is 7.29. The molecule has 54 heavy (non-hydrogen) atoms. The van der Waals surface area contributed by atoms with E-state index in [1.54, 1.807) is 47.1 Å². The highest BCUT2D eigenvalue weighted by molar-refractivity contribution is 6.32. The van der Waals surface area contributed by atoms with Crippen molar-refractivity contribution in [2.45, 2.75) is 89.5 Å². The number of alkyl halides is 5.